The van der Waals surface area contributed by atoms with Crippen molar-refractivity contribution in [3.8, 4) is 0 Å². The van der Waals surface area contributed by atoms with Gasteiger partial charge in [0, 0.05) is 36.8 Å². The predicted octanol–water partition coefficient (Wildman–Crippen LogP) is 1.38. The van der Waals surface area contributed by atoms with Crippen molar-refractivity contribution in [3.05, 3.63) is 44.3 Å². The highest BCUT2D eigenvalue weighted by Crippen LogP contribution is 2.31. The van der Waals surface area contributed by atoms with E-state index in [1.54, 1.807) is 0 Å². The summed E-state index contributed by atoms with van der Waals surface area (Å²) in [6, 6.07) is 3.06. The third kappa shape index (κ3) is 2.64. The molecular formula is C15H17N5O3S. The average Bonchev–Trinajstić information content (AvgIpc) is 3.21. The average molecular weight is 347 g/mol. The van der Waals surface area contributed by atoms with Crippen molar-refractivity contribution in [2.24, 2.45) is 0 Å². The van der Waals surface area contributed by atoms with E-state index in [0.29, 0.717) is 4.96 Å². The Bertz CT molecular complexity index is 977. The first-order valence-corrected chi connectivity index (χ1v) is 8.79. The van der Waals surface area contributed by atoms with Gasteiger partial charge in [0.25, 0.3) is 11.1 Å². The molecule has 126 valence electrons. The fourth-order valence-corrected chi connectivity index (χ4v) is 3.99. The Balaban J connectivity index is 1.55. The molecule has 0 amide bonds. The van der Waals surface area contributed by atoms with Crippen LogP contribution in [-0.4, -0.2) is 32.8 Å². The molecule has 3 aromatic heterocycles. The van der Waals surface area contributed by atoms with Gasteiger partial charge in [-0.1, -0.05) is 18.3 Å². The second kappa shape index (κ2) is 5.90. The molecule has 1 aliphatic heterocycles. The van der Waals surface area contributed by atoms with Crippen molar-refractivity contribution in [1.29, 1.82) is 0 Å². The van der Waals surface area contributed by atoms with Crippen LogP contribution in [0.3, 0.4) is 0 Å². The molecule has 0 unspecified atom stereocenters. The molecule has 4 rings (SSSR count). The minimum absolute atomic E-state index is 0.136. The van der Waals surface area contributed by atoms with Crippen molar-refractivity contribution in [2.75, 3.05) is 18.0 Å². The molecule has 3 aromatic rings. The number of hydrogen-bond acceptors (Lipinski definition) is 7. The lowest BCUT2D eigenvalue weighted by Crippen LogP contribution is -2.33. The van der Waals surface area contributed by atoms with Gasteiger partial charge in [-0.15, -0.1) is 5.10 Å². The second-order valence-corrected chi connectivity index (χ2v) is 6.83. The van der Waals surface area contributed by atoms with Gasteiger partial charge in [-0.3, -0.25) is 9.59 Å². The molecule has 24 heavy (non-hydrogen) atoms. The molecule has 0 aromatic carbocycles. The zero-order chi connectivity index (χ0) is 16.7. The number of aromatic amines is 1. The van der Waals surface area contributed by atoms with Gasteiger partial charge >= 0.3 is 0 Å². The number of nitrogens with zero attached hydrogens (tertiary/aromatic N) is 4. The highest BCUT2D eigenvalue weighted by Gasteiger charge is 2.25. The highest BCUT2D eigenvalue weighted by molar-refractivity contribution is 7.20. The van der Waals surface area contributed by atoms with Crippen LogP contribution in [0, 0.1) is 0 Å². The van der Waals surface area contributed by atoms with Gasteiger partial charge in [-0.05, 0) is 19.3 Å². The predicted molar refractivity (Wildman–Crippen MR) is 90.0 cm³/mol. The minimum atomic E-state index is -0.198. The number of anilines is 1. The number of aromatic nitrogens is 4. The number of H-pyrrole nitrogens is 1. The van der Waals surface area contributed by atoms with E-state index in [2.05, 4.69) is 20.1 Å². The van der Waals surface area contributed by atoms with E-state index in [9.17, 15) is 9.59 Å². The molecule has 9 heteroatoms. The topological polar surface area (TPSA) is 96.5 Å². The minimum Gasteiger partial charge on any atom is -0.383 e. The zero-order valence-corrected chi connectivity index (χ0v) is 14.0. The Morgan fingerprint density at radius 1 is 1.33 bits per heavy atom. The molecule has 0 saturated carbocycles. The van der Waals surface area contributed by atoms with Gasteiger partial charge in [0.2, 0.25) is 10.1 Å². The summed E-state index contributed by atoms with van der Waals surface area (Å²) in [5.41, 5.74) is 0.454. The summed E-state index contributed by atoms with van der Waals surface area (Å²) >= 11 is 1.44. The lowest BCUT2D eigenvalue weighted by Gasteiger charge is -2.30. The molecule has 0 spiro atoms. The third-order valence-electron chi connectivity index (χ3n) is 4.36. The van der Waals surface area contributed by atoms with Crippen LogP contribution in [0.1, 0.15) is 37.1 Å². The first-order chi connectivity index (χ1) is 11.6. The van der Waals surface area contributed by atoms with Crippen LogP contribution in [0.15, 0.2) is 26.2 Å². The maximum Gasteiger partial charge on any atom is 0.280 e. The van der Waals surface area contributed by atoms with Crippen LogP contribution in [0.5, 0.6) is 0 Å². The van der Waals surface area contributed by atoms with Crippen LogP contribution in [0.4, 0.5) is 5.13 Å². The quantitative estimate of drug-likeness (QED) is 0.769. The molecule has 1 N–H and O–H groups in total. The third-order valence-corrected chi connectivity index (χ3v) is 5.33. The van der Waals surface area contributed by atoms with Crippen molar-refractivity contribution < 1.29 is 4.52 Å². The first-order valence-electron chi connectivity index (χ1n) is 7.97. The fourth-order valence-electron chi connectivity index (χ4n) is 3.01. The summed E-state index contributed by atoms with van der Waals surface area (Å²) < 4.78 is 6.58. The summed E-state index contributed by atoms with van der Waals surface area (Å²) in [6.07, 6.45) is 2.48. The Labute approximate surface area is 140 Å². The van der Waals surface area contributed by atoms with E-state index in [1.165, 1.54) is 28.0 Å². The summed E-state index contributed by atoms with van der Waals surface area (Å²) in [5, 5.41) is 7.57. The Morgan fingerprint density at radius 3 is 2.79 bits per heavy atom. The molecular weight excluding hydrogens is 330 g/mol. The molecule has 0 atom stereocenters. The number of aryl methyl sites for hydroxylation is 1. The van der Waals surface area contributed by atoms with E-state index >= 15 is 0 Å². The number of hydrogen-bond donors (Lipinski definition) is 1. The van der Waals surface area contributed by atoms with Crippen molar-refractivity contribution in [3.63, 3.8) is 0 Å². The summed E-state index contributed by atoms with van der Waals surface area (Å²) in [4.78, 5) is 30.6. The van der Waals surface area contributed by atoms with Gasteiger partial charge < -0.3 is 9.42 Å². The lowest BCUT2D eigenvalue weighted by molar-refractivity contribution is 0.334. The lowest BCUT2D eigenvalue weighted by atomic mass is 9.95. The van der Waals surface area contributed by atoms with Gasteiger partial charge in [-0.2, -0.15) is 9.67 Å². The van der Waals surface area contributed by atoms with Gasteiger partial charge in [0.05, 0.1) is 0 Å². The summed E-state index contributed by atoms with van der Waals surface area (Å²) in [5.74, 6) is 0.955. The van der Waals surface area contributed by atoms with Crippen molar-refractivity contribution in [1.82, 2.24) is 19.8 Å². The Kier molecular flexibility index (Phi) is 3.72. The second-order valence-electron chi connectivity index (χ2n) is 5.89. The van der Waals surface area contributed by atoms with Crippen molar-refractivity contribution >= 4 is 21.4 Å². The molecule has 1 fully saturated rings. The van der Waals surface area contributed by atoms with E-state index in [-0.39, 0.29) is 17.0 Å². The van der Waals surface area contributed by atoms with Crippen LogP contribution in [-0.2, 0) is 6.42 Å². The smallest absolute Gasteiger partial charge is 0.280 e. The van der Waals surface area contributed by atoms with E-state index < -0.39 is 0 Å². The Morgan fingerprint density at radius 2 is 2.12 bits per heavy atom. The number of rotatable bonds is 3. The summed E-state index contributed by atoms with van der Waals surface area (Å²) in [7, 11) is 0. The maximum absolute atomic E-state index is 12.1. The fraction of sp³-hybridized carbons (Fsp3) is 0.467. The van der Waals surface area contributed by atoms with Gasteiger partial charge in [-0.25, -0.2) is 4.98 Å². The first kappa shape index (κ1) is 15.1. The van der Waals surface area contributed by atoms with Crippen LogP contribution in [0.2, 0.25) is 0 Å². The van der Waals surface area contributed by atoms with Crippen LogP contribution < -0.4 is 16.0 Å². The largest absolute Gasteiger partial charge is 0.383 e. The summed E-state index contributed by atoms with van der Waals surface area (Å²) in [6.45, 7) is 3.58. The van der Waals surface area contributed by atoms with Gasteiger partial charge in [0.15, 0.2) is 0 Å². The van der Waals surface area contributed by atoms with Crippen LogP contribution in [0.25, 0.3) is 4.96 Å². The maximum atomic E-state index is 12.1. The van der Waals surface area contributed by atoms with Gasteiger partial charge in [0.1, 0.15) is 5.76 Å². The zero-order valence-electron chi connectivity index (χ0n) is 13.2. The molecule has 8 nitrogen and oxygen atoms in total. The standard InChI is InChI=1S/C15H17N5O3S/c1-2-10-7-13(22)20-14(16-10)24-15(17-20)19-5-3-9(4-6-19)11-8-12(21)18-23-11/h7-9H,2-6H2,1H3,(H,18,21). The molecule has 4 heterocycles. The molecule has 0 radical (unpaired) electrons. The normalized spacial score (nSPS) is 16.1. The number of nitrogens with one attached hydrogen (secondary N) is 1. The van der Waals surface area contributed by atoms with Crippen molar-refractivity contribution in [2.45, 2.75) is 32.1 Å². The molecule has 0 bridgehead atoms. The SMILES string of the molecule is CCc1cc(=O)n2nc(N3CCC(c4cc(=O)[nH]o4)CC3)sc2n1. The monoisotopic (exact) mass is 347 g/mol. The van der Waals surface area contributed by atoms with E-state index in [1.807, 2.05) is 6.92 Å². The molecule has 1 saturated heterocycles. The van der Waals surface area contributed by atoms with Crippen LogP contribution >= 0.6 is 11.3 Å². The van der Waals surface area contributed by atoms with E-state index in [4.69, 9.17) is 4.52 Å². The highest BCUT2D eigenvalue weighted by atomic mass is 32.1. The Hall–Kier alpha value is -2.42. The molecule has 0 aliphatic carbocycles. The molecule has 1 aliphatic rings. The number of fused-ring (bicyclic) bond motifs is 1. The van der Waals surface area contributed by atoms with E-state index in [0.717, 1.165) is 48.9 Å². The number of piperidine rings is 1.